The van der Waals surface area contributed by atoms with Crippen LogP contribution in [-0.4, -0.2) is 88.1 Å². The quantitative estimate of drug-likeness (QED) is 0.158. The van der Waals surface area contributed by atoms with Gasteiger partial charge in [-0.1, -0.05) is 38.8 Å². The molecule has 4 aliphatic rings. The van der Waals surface area contributed by atoms with E-state index in [1.807, 2.05) is 42.7 Å². The number of nitrogens with one attached hydrogen (secondary N) is 3. The van der Waals surface area contributed by atoms with Crippen molar-refractivity contribution < 1.29 is 36.7 Å². The second-order valence-corrected chi connectivity index (χ2v) is 19.8. The highest BCUT2D eigenvalue weighted by Gasteiger charge is 2.63. The van der Waals surface area contributed by atoms with Crippen LogP contribution in [-0.2, 0) is 24.4 Å². The van der Waals surface area contributed by atoms with Crippen LogP contribution in [0.5, 0.6) is 11.5 Å². The number of fused-ring (bicyclic) bond motifs is 3. The summed E-state index contributed by atoms with van der Waals surface area (Å²) in [4.78, 5) is 58.9. The molecule has 314 valence electrons. The van der Waals surface area contributed by atoms with E-state index in [1.54, 1.807) is 14.0 Å². The summed E-state index contributed by atoms with van der Waals surface area (Å²) in [5.41, 5.74) is 1.57. The van der Waals surface area contributed by atoms with Crippen LogP contribution in [0.15, 0.2) is 52.6 Å². The fourth-order valence-corrected chi connectivity index (χ4v) is 10.3. The molecule has 0 unspecified atom stereocenters. The van der Waals surface area contributed by atoms with Gasteiger partial charge < -0.3 is 29.4 Å². The summed E-state index contributed by atoms with van der Waals surface area (Å²) in [5, 5.41) is 9.59. The largest absolute Gasteiger partial charge is 0.496 e. The second-order valence-electron chi connectivity index (χ2n) is 16.8. The number of sulfonamides is 1. The van der Waals surface area contributed by atoms with E-state index >= 15 is 0 Å². The lowest BCUT2D eigenvalue weighted by Crippen LogP contribution is -2.58. The molecule has 3 aromatic heterocycles. The number of hydrogen-bond donors (Lipinski definition) is 3. The number of thiazole rings is 1. The van der Waals surface area contributed by atoms with E-state index in [-0.39, 0.29) is 37.2 Å². The van der Waals surface area contributed by atoms with Crippen LogP contribution in [0.25, 0.3) is 21.6 Å². The van der Waals surface area contributed by atoms with Crippen molar-refractivity contribution in [1.29, 1.82) is 0 Å². The molecule has 2 aliphatic carbocycles. The topological polar surface area (TPSA) is 195 Å². The van der Waals surface area contributed by atoms with Crippen LogP contribution in [0.2, 0.25) is 0 Å². The highest BCUT2D eigenvalue weighted by molar-refractivity contribution is 7.91. The Labute approximate surface area is 347 Å². The monoisotopic (exact) mass is 845 g/mol. The third kappa shape index (κ3) is 8.02. The maximum Gasteiger partial charge on any atom is 0.295 e. The lowest BCUT2D eigenvalue weighted by Gasteiger charge is -2.29. The molecule has 3 amide bonds. The fourth-order valence-electron chi connectivity index (χ4n) is 8.05. The number of methoxy groups -OCH3 is 1. The molecule has 4 aromatic rings. The van der Waals surface area contributed by atoms with Gasteiger partial charge in [-0.2, -0.15) is 0 Å². The van der Waals surface area contributed by atoms with Crippen LogP contribution in [0.4, 0.5) is 6.01 Å². The number of carbonyl (C=O) groups is 3. The molecule has 5 heterocycles. The summed E-state index contributed by atoms with van der Waals surface area (Å²) in [6.07, 6.45) is 11.0. The molecule has 3 N–H and O–H groups in total. The predicted octanol–water partition coefficient (Wildman–Crippen LogP) is 6.01. The van der Waals surface area contributed by atoms with Gasteiger partial charge in [0.05, 0.1) is 35.8 Å². The molecule has 1 aromatic carbocycles. The van der Waals surface area contributed by atoms with E-state index in [2.05, 4.69) is 34.2 Å². The van der Waals surface area contributed by atoms with E-state index < -0.39 is 56.2 Å². The Morgan fingerprint density at radius 2 is 1.95 bits per heavy atom. The number of oxazole rings is 1. The van der Waals surface area contributed by atoms with Gasteiger partial charge in [-0.3, -0.25) is 19.1 Å². The van der Waals surface area contributed by atoms with Crippen molar-refractivity contribution in [2.45, 2.75) is 120 Å². The molecule has 3 fully saturated rings. The number of nitrogens with zero attached hydrogens (tertiary/aromatic N) is 4. The molecule has 0 bridgehead atoms. The number of rotatable bonds is 10. The van der Waals surface area contributed by atoms with Crippen LogP contribution < -0.4 is 24.8 Å². The number of hydrogen-bond acceptors (Lipinski definition) is 13. The zero-order valence-electron chi connectivity index (χ0n) is 33.9. The highest BCUT2D eigenvalue weighted by atomic mass is 32.2. The minimum atomic E-state index is -3.98. The van der Waals surface area contributed by atoms with Crippen molar-refractivity contribution in [3.05, 3.63) is 59.4 Å². The Kier molecular flexibility index (Phi) is 11.0. The highest BCUT2D eigenvalue weighted by Crippen LogP contribution is 2.48. The number of aromatic nitrogens is 3. The first-order chi connectivity index (χ1) is 28.2. The van der Waals surface area contributed by atoms with Crippen molar-refractivity contribution in [1.82, 2.24) is 29.9 Å². The van der Waals surface area contributed by atoms with Crippen molar-refractivity contribution >= 4 is 56.0 Å². The standard InChI is InChI=1S/C42H51N7O8S2/c1-24(2)31-23-58-37(45-31)30-20-34(28-13-14-33(55-5)25(3)35(28)44-30)57-27-19-32-36(50)47-42(39(52)48-59(53,54)41(4)15-16-41)21-26(42)11-9-7-6-8-10-12-29(38(51)49(32)22-27)46-40-43-17-18-56-40/h9,11,13-14,17-18,20,23-24,26-27,29,32H,6-8,10,12,15-16,19,21-22H2,1-5H3,(H,43,46)(H,47,50)(H,48,52)/t26-,27-,29+,32+,42-/m1/s1. The number of benzene rings is 1. The SMILES string of the molecule is COc1ccc2c(O[C@@H]3C[C@H]4C(=O)N[C@]5(C(=O)NS(=O)(=O)C6(C)CC6)C[C@H]5C=CCCCCC[C@H](Nc5ncco5)C(=O)N4C3)cc(-c3nc(C(C)C)cs3)nc2c1C. The Balaban J connectivity index is 1.15. The van der Waals surface area contributed by atoms with Gasteiger partial charge >= 0.3 is 0 Å². The summed E-state index contributed by atoms with van der Waals surface area (Å²) in [7, 11) is -2.38. The van der Waals surface area contributed by atoms with Gasteiger partial charge in [-0.25, -0.2) is 23.4 Å². The molecule has 8 rings (SSSR count). The molecule has 0 spiro atoms. The summed E-state index contributed by atoms with van der Waals surface area (Å²) in [6, 6.07) is 3.95. The van der Waals surface area contributed by atoms with Gasteiger partial charge in [-0.15, -0.1) is 11.3 Å². The van der Waals surface area contributed by atoms with Crippen LogP contribution >= 0.6 is 11.3 Å². The van der Waals surface area contributed by atoms with Gasteiger partial charge in [0.25, 0.3) is 11.9 Å². The van der Waals surface area contributed by atoms with E-state index in [9.17, 15) is 22.8 Å². The number of allylic oxidation sites excluding steroid dienone is 1. The number of carbonyl (C=O) groups excluding carboxylic acids is 3. The molecular formula is C42H51N7O8S2. The van der Waals surface area contributed by atoms with Crippen LogP contribution in [0.1, 0.15) is 95.7 Å². The number of ether oxygens (including phenoxy) is 2. The Morgan fingerprint density at radius 3 is 2.66 bits per heavy atom. The third-order valence-corrected chi connectivity index (χ3v) is 15.2. The zero-order chi connectivity index (χ0) is 41.7. The third-order valence-electron chi connectivity index (χ3n) is 12.2. The smallest absolute Gasteiger partial charge is 0.295 e. The number of pyridine rings is 1. The van der Waals surface area contributed by atoms with Gasteiger partial charge in [0, 0.05) is 34.7 Å². The summed E-state index contributed by atoms with van der Waals surface area (Å²) in [5.74, 6) is -0.698. The fraction of sp³-hybridized carbons (Fsp3) is 0.524. The Hall–Kier alpha value is -5.03. The molecule has 17 heteroatoms. The first-order valence-corrected chi connectivity index (χ1v) is 22.7. The van der Waals surface area contributed by atoms with E-state index in [4.69, 9.17) is 23.9 Å². The van der Waals surface area contributed by atoms with Gasteiger partial charge in [0.15, 0.2) is 0 Å². The molecule has 2 saturated carbocycles. The normalized spacial score (nSPS) is 25.7. The average Bonchev–Trinajstić information content (AvgIpc) is 3.79. The van der Waals surface area contributed by atoms with Crippen LogP contribution in [0, 0.1) is 12.8 Å². The maximum absolute atomic E-state index is 14.7. The van der Waals surface area contributed by atoms with Crippen molar-refractivity contribution in [3.63, 3.8) is 0 Å². The van der Waals surface area contributed by atoms with Gasteiger partial charge in [-0.05, 0) is 70.4 Å². The maximum atomic E-state index is 14.7. The van der Waals surface area contributed by atoms with Gasteiger partial charge in [0.1, 0.15) is 52.2 Å². The molecule has 0 radical (unpaired) electrons. The second kappa shape index (κ2) is 15.9. The number of amides is 3. The molecule has 59 heavy (non-hydrogen) atoms. The minimum absolute atomic E-state index is 0.0545. The average molecular weight is 846 g/mol. The zero-order valence-corrected chi connectivity index (χ0v) is 35.6. The molecule has 5 atom stereocenters. The Bertz CT molecular complexity index is 2390. The van der Waals surface area contributed by atoms with Crippen LogP contribution in [0.3, 0.4) is 0 Å². The van der Waals surface area contributed by atoms with Crippen molar-refractivity contribution in [3.8, 4) is 22.2 Å². The lowest BCUT2D eigenvalue weighted by molar-refractivity contribution is -0.140. The summed E-state index contributed by atoms with van der Waals surface area (Å²) in [6.45, 7) is 7.76. The minimum Gasteiger partial charge on any atom is -0.496 e. The lowest BCUT2D eigenvalue weighted by atomic mass is 10.0. The van der Waals surface area contributed by atoms with Crippen molar-refractivity contribution in [2.24, 2.45) is 5.92 Å². The van der Waals surface area contributed by atoms with E-state index in [0.717, 1.165) is 47.3 Å². The first kappa shape index (κ1) is 40.7. The van der Waals surface area contributed by atoms with Crippen molar-refractivity contribution in [2.75, 3.05) is 19.0 Å². The summed E-state index contributed by atoms with van der Waals surface area (Å²) >= 11 is 1.49. The number of aryl methyl sites for hydroxylation is 1. The Morgan fingerprint density at radius 1 is 1.14 bits per heavy atom. The number of anilines is 1. The molecule has 2 aliphatic heterocycles. The molecule has 15 nitrogen and oxygen atoms in total. The van der Waals surface area contributed by atoms with E-state index in [1.165, 1.54) is 28.7 Å². The predicted molar refractivity (Wildman–Crippen MR) is 223 cm³/mol. The van der Waals surface area contributed by atoms with Gasteiger partial charge in [0.2, 0.25) is 21.8 Å². The first-order valence-electron chi connectivity index (χ1n) is 20.3. The summed E-state index contributed by atoms with van der Waals surface area (Å²) < 4.78 is 45.7. The van der Waals surface area contributed by atoms with E-state index in [0.29, 0.717) is 42.0 Å². The molecular weight excluding hydrogens is 795 g/mol. The molecule has 1 saturated heterocycles.